The van der Waals surface area contributed by atoms with Crippen molar-refractivity contribution in [1.82, 2.24) is 0 Å². The minimum absolute atomic E-state index is 1.04. The van der Waals surface area contributed by atoms with Crippen LogP contribution in [0.4, 0.5) is 0 Å². The lowest BCUT2D eigenvalue weighted by Gasteiger charge is -2.05. The summed E-state index contributed by atoms with van der Waals surface area (Å²) < 4.78 is 1.27. The van der Waals surface area contributed by atoms with Gasteiger partial charge in [0.1, 0.15) is 0 Å². The Morgan fingerprint density at radius 3 is 2.57 bits per heavy atom. The monoisotopic (exact) mass is 318 g/mol. The van der Waals surface area contributed by atoms with Gasteiger partial charge in [-0.2, -0.15) is 0 Å². The van der Waals surface area contributed by atoms with Crippen molar-refractivity contribution in [3.63, 3.8) is 0 Å². The van der Waals surface area contributed by atoms with Crippen molar-refractivity contribution in [3.8, 4) is 0 Å². The van der Waals surface area contributed by atoms with Crippen molar-refractivity contribution in [2.45, 2.75) is 32.6 Å². The lowest BCUT2D eigenvalue weighted by Crippen LogP contribution is -1.90. The zero-order valence-corrected chi connectivity index (χ0v) is 11.7. The summed E-state index contributed by atoms with van der Waals surface area (Å²) in [5.74, 6) is 0. The van der Waals surface area contributed by atoms with E-state index >= 15 is 0 Å². The third-order valence-electron chi connectivity index (χ3n) is 2.30. The van der Waals surface area contributed by atoms with E-state index in [-0.39, 0.29) is 0 Å². The number of benzene rings is 1. The summed E-state index contributed by atoms with van der Waals surface area (Å²) in [5.41, 5.74) is 2.83. The van der Waals surface area contributed by atoms with E-state index in [1.165, 1.54) is 34.9 Å². The minimum Gasteiger partial charge on any atom is -0.0924 e. The molecule has 1 rings (SSSR count). The summed E-state index contributed by atoms with van der Waals surface area (Å²) in [6.45, 7) is 2.23. The van der Waals surface area contributed by atoms with Gasteiger partial charge >= 0.3 is 0 Å². The quantitative estimate of drug-likeness (QED) is 0.688. The second kappa shape index (κ2) is 6.62. The first-order chi connectivity index (χ1) is 6.77. The van der Waals surface area contributed by atoms with Crippen LogP contribution in [0.1, 0.15) is 30.9 Å². The van der Waals surface area contributed by atoms with Crippen molar-refractivity contribution in [2.75, 3.05) is 5.33 Å². The number of unbranched alkanes of at least 4 members (excludes halogenated alkanes) is 1. The summed E-state index contributed by atoms with van der Waals surface area (Å²) >= 11 is 7.09. The second-order valence-corrected chi connectivity index (χ2v) is 5.12. The Balaban J connectivity index is 2.68. The molecule has 0 aliphatic rings. The van der Waals surface area contributed by atoms with Crippen LogP contribution in [-0.2, 0) is 12.8 Å². The van der Waals surface area contributed by atoms with Crippen LogP contribution in [0.25, 0.3) is 0 Å². The lowest BCUT2D eigenvalue weighted by molar-refractivity contribution is 0.792. The Kier molecular flexibility index (Phi) is 5.80. The highest BCUT2D eigenvalue weighted by atomic mass is 79.9. The molecule has 0 N–H and O–H groups in total. The van der Waals surface area contributed by atoms with Gasteiger partial charge in [0.05, 0.1) is 0 Å². The summed E-state index contributed by atoms with van der Waals surface area (Å²) in [6, 6.07) is 6.72. The van der Waals surface area contributed by atoms with Crippen LogP contribution in [0.3, 0.4) is 0 Å². The molecule has 0 nitrogen and oxygen atoms in total. The standard InChI is InChI=1S/C12H16Br2/c1-2-3-4-11-6-5-10(7-8-13)9-12(11)14/h5-6,9H,2-4,7-8H2,1H3. The van der Waals surface area contributed by atoms with Gasteiger partial charge in [-0.3, -0.25) is 0 Å². The fraction of sp³-hybridized carbons (Fsp3) is 0.500. The lowest BCUT2D eigenvalue weighted by atomic mass is 10.1. The molecule has 14 heavy (non-hydrogen) atoms. The SMILES string of the molecule is CCCCc1ccc(CCBr)cc1Br. The molecule has 1 aromatic carbocycles. The first kappa shape index (κ1) is 12.3. The maximum absolute atomic E-state index is 3.63. The van der Waals surface area contributed by atoms with Gasteiger partial charge in [-0.1, -0.05) is 57.3 Å². The van der Waals surface area contributed by atoms with Crippen LogP contribution in [0.15, 0.2) is 22.7 Å². The predicted molar refractivity (Wildman–Crippen MR) is 70.3 cm³/mol. The Bertz CT molecular complexity index is 282. The molecule has 0 saturated carbocycles. The predicted octanol–water partition coefficient (Wildman–Crippen LogP) is 4.73. The fourth-order valence-corrected chi connectivity index (χ4v) is 2.51. The van der Waals surface area contributed by atoms with Crippen LogP contribution in [-0.4, -0.2) is 5.33 Å². The molecule has 2 heteroatoms. The van der Waals surface area contributed by atoms with Crippen molar-refractivity contribution >= 4 is 31.9 Å². The van der Waals surface area contributed by atoms with Gasteiger partial charge in [0.25, 0.3) is 0 Å². The molecule has 0 bridgehead atoms. The number of halogens is 2. The van der Waals surface area contributed by atoms with Crippen LogP contribution in [0.2, 0.25) is 0 Å². The molecule has 0 aliphatic heterocycles. The Hall–Kier alpha value is 0.180. The average Bonchev–Trinajstić information content (AvgIpc) is 2.17. The van der Waals surface area contributed by atoms with E-state index in [1.807, 2.05) is 0 Å². The largest absolute Gasteiger partial charge is 0.0924 e. The van der Waals surface area contributed by atoms with Gasteiger partial charge in [-0.05, 0) is 36.5 Å². The van der Waals surface area contributed by atoms with E-state index in [4.69, 9.17) is 0 Å². The molecule has 0 fully saturated rings. The number of rotatable bonds is 5. The van der Waals surface area contributed by atoms with E-state index in [0.717, 1.165) is 11.8 Å². The van der Waals surface area contributed by atoms with Gasteiger partial charge in [0.2, 0.25) is 0 Å². The molecule has 1 aromatic rings. The maximum Gasteiger partial charge on any atom is 0.0210 e. The minimum atomic E-state index is 1.04. The van der Waals surface area contributed by atoms with E-state index in [1.54, 1.807) is 0 Å². The molecule has 0 aromatic heterocycles. The summed E-state index contributed by atoms with van der Waals surface area (Å²) in [6.07, 6.45) is 4.82. The van der Waals surface area contributed by atoms with E-state index in [2.05, 4.69) is 57.0 Å². The van der Waals surface area contributed by atoms with Crippen molar-refractivity contribution in [1.29, 1.82) is 0 Å². The molecule has 78 valence electrons. The van der Waals surface area contributed by atoms with Gasteiger partial charge in [0, 0.05) is 9.80 Å². The Morgan fingerprint density at radius 1 is 1.21 bits per heavy atom. The van der Waals surface area contributed by atoms with Gasteiger partial charge in [0.15, 0.2) is 0 Å². The van der Waals surface area contributed by atoms with Gasteiger partial charge in [-0.15, -0.1) is 0 Å². The summed E-state index contributed by atoms with van der Waals surface area (Å²) in [7, 11) is 0. The average molecular weight is 320 g/mol. The van der Waals surface area contributed by atoms with Crippen LogP contribution >= 0.6 is 31.9 Å². The van der Waals surface area contributed by atoms with Crippen LogP contribution in [0.5, 0.6) is 0 Å². The van der Waals surface area contributed by atoms with Gasteiger partial charge in [-0.25, -0.2) is 0 Å². The summed E-state index contributed by atoms with van der Waals surface area (Å²) in [5, 5.41) is 1.04. The van der Waals surface area contributed by atoms with E-state index < -0.39 is 0 Å². The van der Waals surface area contributed by atoms with Crippen molar-refractivity contribution in [3.05, 3.63) is 33.8 Å². The topological polar surface area (TPSA) is 0 Å². The Morgan fingerprint density at radius 2 is 2.00 bits per heavy atom. The first-order valence-corrected chi connectivity index (χ1v) is 7.02. The van der Waals surface area contributed by atoms with Crippen molar-refractivity contribution in [2.24, 2.45) is 0 Å². The van der Waals surface area contributed by atoms with E-state index in [0.29, 0.717) is 0 Å². The highest BCUT2D eigenvalue weighted by molar-refractivity contribution is 9.10. The van der Waals surface area contributed by atoms with Crippen LogP contribution < -0.4 is 0 Å². The summed E-state index contributed by atoms with van der Waals surface area (Å²) in [4.78, 5) is 0. The first-order valence-electron chi connectivity index (χ1n) is 5.11. The third kappa shape index (κ3) is 3.74. The Labute approximate surface area is 103 Å². The van der Waals surface area contributed by atoms with E-state index in [9.17, 15) is 0 Å². The molecule has 0 unspecified atom stereocenters. The molecule has 0 radical (unpaired) electrons. The van der Waals surface area contributed by atoms with Gasteiger partial charge < -0.3 is 0 Å². The van der Waals surface area contributed by atoms with Crippen molar-refractivity contribution < 1.29 is 0 Å². The number of aryl methyl sites for hydroxylation is 2. The van der Waals surface area contributed by atoms with Crippen LogP contribution in [0, 0.1) is 0 Å². The molecule has 0 spiro atoms. The maximum atomic E-state index is 3.63. The molecule has 0 aliphatic carbocycles. The number of hydrogen-bond acceptors (Lipinski definition) is 0. The molecule has 0 saturated heterocycles. The highest BCUT2D eigenvalue weighted by Crippen LogP contribution is 2.21. The molecule has 0 atom stereocenters. The molecular formula is C12H16Br2. The molecule has 0 amide bonds. The molecule has 0 heterocycles. The highest BCUT2D eigenvalue weighted by Gasteiger charge is 2.00. The molecular weight excluding hydrogens is 304 g/mol. The third-order valence-corrected chi connectivity index (χ3v) is 3.44. The number of alkyl halides is 1. The zero-order valence-electron chi connectivity index (χ0n) is 8.52. The smallest absolute Gasteiger partial charge is 0.0210 e. The second-order valence-electron chi connectivity index (χ2n) is 3.47. The zero-order chi connectivity index (χ0) is 10.4. The normalized spacial score (nSPS) is 10.5. The fourth-order valence-electron chi connectivity index (χ4n) is 1.43. The number of hydrogen-bond donors (Lipinski definition) is 0.